The molecule has 0 unspecified atom stereocenters. The molecule has 0 aliphatic carbocycles. The zero-order chi connectivity index (χ0) is 21.4. The van der Waals surface area contributed by atoms with E-state index in [4.69, 9.17) is 0 Å². The maximum atomic E-state index is 12.4. The van der Waals surface area contributed by atoms with Gasteiger partial charge in [-0.25, -0.2) is 0 Å². The van der Waals surface area contributed by atoms with Crippen LogP contribution in [-0.2, 0) is 4.79 Å². The third-order valence-corrected chi connectivity index (χ3v) is 4.62. The van der Waals surface area contributed by atoms with Crippen molar-refractivity contribution in [2.45, 2.75) is 27.7 Å². The van der Waals surface area contributed by atoms with Gasteiger partial charge < -0.3 is 27.9 Å². The van der Waals surface area contributed by atoms with Crippen molar-refractivity contribution >= 4 is 28.8 Å². The van der Waals surface area contributed by atoms with Crippen molar-refractivity contribution in [1.29, 1.82) is 5.26 Å². The van der Waals surface area contributed by atoms with Gasteiger partial charge in [0.2, 0.25) is 0 Å². The second-order valence-corrected chi connectivity index (χ2v) is 6.57. The number of aryl methyl sites for hydroxylation is 1. The van der Waals surface area contributed by atoms with Crippen LogP contribution in [0.5, 0.6) is 0 Å². The summed E-state index contributed by atoms with van der Waals surface area (Å²) in [6.07, 6.45) is 1.40. The van der Waals surface area contributed by atoms with Gasteiger partial charge in [0.15, 0.2) is 5.78 Å². The van der Waals surface area contributed by atoms with Crippen molar-refractivity contribution in [2.75, 3.05) is 28.6 Å². The SMILES string of the molecule is CCN(CC)c1ccc(N/C=C(/C#N)C(=O)Nc2ccc(C(C)=O)cc2)c(C)c1.[Cl-]. The summed E-state index contributed by atoms with van der Waals surface area (Å²) in [6.45, 7) is 9.53. The first-order valence-electron chi connectivity index (χ1n) is 9.54. The van der Waals surface area contributed by atoms with E-state index in [1.165, 1.54) is 13.1 Å². The molecule has 0 aromatic heterocycles. The molecule has 2 rings (SSSR count). The van der Waals surface area contributed by atoms with Crippen molar-refractivity contribution < 1.29 is 22.0 Å². The van der Waals surface area contributed by atoms with E-state index in [1.807, 2.05) is 25.1 Å². The molecule has 6 nitrogen and oxygen atoms in total. The van der Waals surface area contributed by atoms with Crippen molar-refractivity contribution in [1.82, 2.24) is 0 Å². The molecule has 0 fully saturated rings. The molecule has 0 heterocycles. The fraction of sp³-hybridized carbons (Fsp3) is 0.261. The molecule has 0 saturated heterocycles. The Balaban J connectivity index is 0.00000450. The van der Waals surface area contributed by atoms with Crippen molar-refractivity contribution in [3.63, 3.8) is 0 Å². The first kappa shape index (κ1) is 24.7. The third-order valence-electron chi connectivity index (χ3n) is 4.62. The van der Waals surface area contributed by atoms with Crippen molar-refractivity contribution in [3.8, 4) is 6.07 Å². The van der Waals surface area contributed by atoms with E-state index in [0.29, 0.717) is 11.3 Å². The molecule has 2 N–H and O–H groups in total. The van der Waals surface area contributed by atoms with Crippen LogP contribution in [0.4, 0.5) is 17.1 Å². The molecular formula is C23H26ClN4O2-. The predicted molar refractivity (Wildman–Crippen MR) is 117 cm³/mol. The third kappa shape index (κ3) is 6.36. The van der Waals surface area contributed by atoms with Crippen LogP contribution in [0.25, 0.3) is 0 Å². The Bertz CT molecular complexity index is 958. The van der Waals surface area contributed by atoms with E-state index in [1.54, 1.807) is 24.3 Å². The average Bonchev–Trinajstić information content (AvgIpc) is 2.71. The fourth-order valence-electron chi connectivity index (χ4n) is 2.88. The summed E-state index contributed by atoms with van der Waals surface area (Å²) in [5, 5.41) is 15.1. The summed E-state index contributed by atoms with van der Waals surface area (Å²) < 4.78 is 0. The van der Waals surface area contributed by atoms with Gasteiger partial charge in [-0.2, -0.15) is 5.26 Å². The lowest BCUT2D eigenvalue weighted by Gasteiger charge is -2.22. The number of Topliss-reactive ketones (excluding diaryl/α,β-unsaturated/α-hetero) is 1. The first-order chi connectivity index (χ1) is 13.9. The number of nitrogens with one attached hydrogen (secondary N) is 2. The summed E-state index contributed by atoms with van der Waals surface area (Å²) in [7, 11) is 0. The normalized spacial score (nSPS) is 10.4. The Hall–Kier alpha value is -3.30. The van der Waals surface area contributed by atoms with Crippen LogP contribution in [0, 0.1) is 18.3 Å². The molecule has 2 aromatic rings. The highest BCUT2D eigenvalue weighted by molar-refractivity contribution is 6.07. The van der Waals surface area contributed by atoms with E-state index in [0.717, 1.165) is 30.0 Å². The number of rotatable bonds is 8. The summed E-state index contributed by atoms with van der Waals surface area (Å²) in [4.78, 5) is 25.9. The van der Waals surface area contributed by atoms with Crippen LogP contribution >= 0.6 is 0 Å². The standard InChI is InChI=1S/C23H26N4O2.ClH/c1-5-27(6-2)21-11-12-22(16(3)13-21)25-15-19(14-24)23(29)26-20-9-7-18(8-10-20)17(4)28;/h7-13,15,25H,5-6H2,1-4H3,(H,26,29);1H/p-1/b19-15-;. The molecule has 158 valence electrons. The Kier molecular flexibility index (Phi) is 9.60. The van der Waals surface area contributed by atoms with E-state index >= 15 is 0 Å². The van der Waals surface area contributed by atoms with Crippen LogP contribution in [0.15, 0.2) is 54.2 Å². The van der Waals surface area contributed by atoms with Gasteiger partial charge in [0.05, 0.1) is 0 Å². The number of nitrogens with zero attached hydrogens (tertiary/aromatic N) is 2. The maximum absolute atomic E-state index is 12.4. The summed E-state index contributed by atoms with van der Waals surface area (Å²) in [5.41, 5.74) is 4.00. The number of hydrogen-bond acceptors (Lipinski definition) is 5. The monoisotopic (exact) mass is 425 g/mol. The molecule has 0 bridgehead atoms. The number of ketones is 1. The predicted octanol–water partition coefficient (Wildman–Crippen LogP) is 1.51. The zero-order valence-corrected chi connectivity index (χ0v) is 18.4. The summed E-state index contributed by atoms with van der Waals surface area (Å²) in [5.74, 6) is -0.569. The van der Waals surface area contributed by atoms with Crippen LogP contribution in [0.3, 0.4) is 0 Å². The van der Waals surface area contributed by atoms with Crippen LogP contribution in [-0.4, -0.2) is 24.8 Å². The number of amides is 1. The topological polar surface area (TPSA) is 85.2 Å². The van der Waals surface area contributed by atoms with E-state index in [-0.39, 0.29) is 23.8 Å². The zero-order valence-electron chi connectivity index (χ0n) is 17.6. The maximum Gasteiger partial charge on any atom is 0.267 e. The number of anilines is 3. The smallest absolute Gasteiger partial charge is 0.267 e. The Labute approximate surface area is 184 Å². The molecule has 0 radical (unpaired) electrons. The fourth-order valence-corrected chi connectivity index (χ4v) is 2.88. The largest absolute Gasteiger partial charge is 1.00 e. The van der Waals surface area contributed by atoms with Crippen molar-refractivity contribution in [2.24, 2.45) is 0 Å². The van der Waals surface area contributed by atoms with Gasteiger partial charge in [0.25, 0.3) is 5.91 Å². The van der Waals surface area contributed by atoms with Gasteiger partial charge in [-0.3, -0.25) is 9.59 Å². The number of benzene rings is 2. The van der Waals surface area contributed by atoms with E-state index < -0.39 is 5.91 Å². The molecule has 30 heavy (non-hydrogen) atoms. The second-order valence-electron chi connectivity index (χ2n) is 6.57. The summed E-state index contributed by atoms with van der Waals surface area (Å²) in [6, 6.07) is 14.5. The van der Waals surface area contributed by atoms with Gasteiger partial charge in [-0.05, 0) is 75.7 Å². The van der Waals surface area contributed by atoms with E-state index in [2.05, 4.69) is 35.4 Å². The minimum Gasteiger partial charge on any atom is -1.00 e. The Morgan fingerprint density at radius 1 is 1.10 bits per heavy atom. The highest BCUT2D eigenvalue weighted by atomic mass is 35.5. The number of halogens is 1. The highest BCUT2D eigenvalue weighted by Gasteiger charge is 2.10. The van der Waals surface area contributed by atoms with Crippen LogP contribution < -0.4 is 27.9 Å². The summed E-state index contributed by atoms with van der Waals surface area (Å²) >= 11 is 0. The van der Waals surface area contributed by atoms with Gasteiger partial charge in [0, 0.05) is 41.9 Å². The minimum atomic E-state index is -0.520. The Morgan fingerprint density at radius 3 is 2.23 bits per heavy atom. The Morgan fingerprint density at radius 2 is 1.73 bits per heavy atom. The molecule has 2 aromatic carbocycles. The molecule has 7 heteroatoms. The van der Waals surface area contributed by atoms with Gasteiger partial charge in [-0.1, -0.05) is 0 Å². The molecule has 0 spiro atoms. The molecular weight excluding hydrogens is 400 g/mol. The van der Waals surface area contributed by atoms with Crippen LogP contribution in [0.2, 0.25) is 0 Å². The molecule has 1 amide bonds. The lowest BCUT2D eigenvalue weighted by Crippen LogP contribution is -3.00. The number of hydrogen-bond donors (Lipinski definition) is 2. The molecule has 0 atom stereocenters. The molecule has 0 aliphatic heterocycles. The van der Waals surface area contributed by atoms with Crippen molar-refractivity contribution in [3.05, 3.63) is 65.4 Å². The number of carbonyl (C=O) groups excluding carboxylic acids is 2. The average molecular weight is 426 g/mol. The quantitative estimate of drug-likeness (QED) is 0.380. The molecule has 0 aliphatic rings. The lowest BCUT2D eigenvalue weighted by molar-refractivity contribution is -0.112. The minimum absolute atomic E-state index is 0. The number of carbonyl (C=O) groups is 2. The van der Waals surface area contributed by atoms with Gasteiger partial charge >= 0.3 is 0 Å². The molecule has 0 saturated carbocycles. The highest BCUT2D eigenvalue weighted by Crippen LogP contribution is 2.23. The van der Waals surface area contributed by atoms with Gasteiger partial charge in [-0.15, -0.1) is 0 Å². The first-order valence-corrected chi connectivity index (χ1v) is 9.54. The lowest BCUT2D eigenvalue weighted by atomic mass is 10.1. The van der Waals surface area contributed by atoms with Crippen LogP contribution in [0.1, 0.15) is 36.7 Å². The van der Waals surface area contributed by atoms with E-state index in [9.17, 15) is 14.9 Å². The van der Waals surface area contributed by atoms with Gasteiger partial charge in [0.1, 0.15) is 11.6 Å². The second kappa shape index (κ2) is 11.6. The number of nitriles is 1.